The van der Waals surface area contributed by atoms with Crippen molar-refractivity contribution in [1.29, 1.82) is 0 Å². The number of Topliss-reactive ketones (excluding diaryl/α,β-unsaturated/α-hetero) is 2. The Morgan fingerprint density at radius 1 is 0.730 bits per heavy atom. The Kier molecular flexibility index (Phi) is 7.55. The van der Waals surface area contributed by atoms with Crippen LogP contribution in [-0.4, -0.2) is 22.6 Å². The summed E-state index contributed by atoms with van der Waals surface area (Å²) in [4.78, 5) is 35.3. The summed E-state index contributed by atoms with van der Waals surface area (Å²) >= 11 is 6.93. The lowest BCUT2D eigenvalue weighted by Crippen LogP contribution is -2.10. The predicted octanol–water partition coefficient (Wildman–Crippen LogP) is 7.25. The first-order valence-corrected chi connectivity index (χ1v) is 14.4. The van der Waals surface area contributed by atoms with E-state index in [1.54, 1.807) is 12.1 Å². The van der Waals surface area contributed by atoms with Crippen molar-refractivity contribution in [2.75, 3.05) is 5.32 Å². The van der Waals surface area contributed by atoms with E-state index in [0.29, 0.717) is 11.8 Å². The highest BCUT2D eigenvalue weighted by Gasteiger charge is 2.44. The van der Waals surface area contributed by atoms with Crippen molar-refractivity contribution in [2.24, 2.45) is 23.7 Å². The molecule has 2 saturated carbocycles. The Morgan fingerprint density at radius 2 is 1.14 bits per heavy atom. The summed E-state index contributed by atoms with van der Waals surface area (Å²) in [7, 11) is 0. The highest BCUT2D eigenvalue weighted by atomic mass is 79.9. The third-order valence-corrected chi connectivity index (χ3v) is 9.68. The van der Waals surface area contributed by atoms with Gasteiger partial charge in [-0.2, -0.15) is 0 Å². The van der Waals surface area contributed by atoms with Gasteiger partial charge in [0, 0.05) is 24.4 Å². The largest absolute Gasteiger partial charge is 0.508 e. The summed E-state index contributed by atoms with van der Waals surface area (Å²) in [5.41, 5.74) is 5.20. The van der Waals surface area contributed by atoms with Gasteiger partial charge in [0.05, 0.1) is 8.96 Å². The topological polar surface area (TPSA) is 83.5 Å². The molecule has 2 fully saturated rings. The van der Waals surface area contributed by atoms with E-state index in [4.69, 9.17) is 0 Å². The minimum absolute atomic E-state index is 0.0787. The molecule has 4 atom stereocenters. The molecule has 4 unspecified atom stereocenters. The quantitative estimate of drug-likeness (QED) is 0.376. The van der Waals surface area contributed by atoms with Crippen LogP contribution >= 0.6 is 31.9 Å². The van der Waals surface area contributed by atoms with Crippen molar-refractivity contribution in [2.45, 2.75) is 45.4 Å². The molecule has 1 amide bonds. The fourth-order valence-electron chi connectivity index (χ4n) is 6.41. The average molecular weight is 627 g/mol. The van der Waals surface area contributed by atoms with Crippen LogP contribution in [0.2, 0.25) is 0 Å². The average Bonchev–Trinajstić information content (AvgIpc) is 3.63. The van der Waals surface area contributed by atoms with E-state index in [2.05, 4.69) is 37.2 Å². The van der Waals surface area contributed by atoms with E-state index in [9.17, 15) is 19.5 Å². The number of benzene rings is 2. The molecule has 2 aromatic carbocycles. The van der Waals surface area contributed by atoms with Gasteiger partial charge in [0.25, 0.3) is 0 Å². The molecule has 0 radical (unpaired) electrons. The first kappa shape index (κ1) is 26.1. The summed E-state index contributed by atoms with van der Waals surface area (Å²) in [6.07, 6.45) is 6.49. The number of aromatic hydroxyl groups is 1. The van der Waals surface area contributed by atoms with Crippen LogP contribution in [0.1, 0.15) is 56.6 Å². The molecule has 0 spiro atoms. The molecule has 0 aromatic heterocycles. The molecule has 2 aromatic rings. The molecule has 192 valence electrons. The van der Waals surface area contributed by atoms with E-state index >= 15 is 0 Å². The summed E-state index contributed by atoms with van der Waals surface area (Å²) in [6.45, 7) is 1.49. The van der Waals surface area contributed by atoms with E-state index in [1.807, 2.05) is 36.4 Å². The number of phenolic OH excluding ortho intramolecular Hbond substituents is 1. The van der Waals surface area contributed by atoms with Crippen LogP contribution in [-0.2, 0) is 14.4 Å². The van der Waals surface area contributed by atoms with Crippen LogP contribution in [0.3, 0.4) is 0 Å². The zero-order valence-electron chi connectivity index (χ0n) is 20.6. The molecule has 0 saturated heterocycles. The summed E-state index contributed by atoms with van der Waals surface area (Å²) in [5, 5.41) is 12.1. The first-order valence-electron chi connectivity index (χ1n) is 12.8. The zero-order valence-corrected chi connectivity index (χ0v) is 23.8. The number of hydrogen-bond acceptors (Lipinski definition) is 4. The molecular weight excluding hydrogens is 598 g/mol. The SMILES string of the molecule is CC(=O)Nc1ccc(C2=C(Br)C(=O)C3CCCC23)cc1.O=C1C(Br)=C(c2ccc(O)cc2)C2CCCC12. The van der Waals surface area contributed by atoms with Crippen molar-refractivity contribution in [3.8, 4) is 5.75 Å². The molecule has 2 N–H and O–H groups in total. The number of hydrogen-bond donors (Lipinski definition) is 2. The van der Waals surface area contributed by atoms with Crippen LogP contribution in [0.5, 0.6) is 5.75 Å². The molecule has 0 aliphatic heterocycles. The van der Waals surface area contributed by atoms with Gasteiger partial charge in [-0.15, -0.1) is 0 Å². The third kappa shape index (κ3) is 5.00. The van der Waals surface area contributed by atoms with Crippen LogP contribution < -0.4 is 5.32 Å². The van der Waals surface area contributed by atoms with Crippen molar-refractivity contribution < 1.29 is 19.5 Å². The molecule has 4 aliphatic rings. The fraction of sp³-hybridized carbons (Fsp3) is 0.367. The molecule has 4 aliphatic carbocycles. The Hall–Kier alpha value is -2.51. The maximum Gasteiger partial charge on any atom is 0.221 e. The highest BCUT2D eigenvalue weighted by Crippen LogP contribution is 2.52. The summed E-state index contributed by atoms with van der Waals surface area (Å²) in [6, 6.07) is 14.9. The summed E-state index contributed by atoms with van der Waals surface area (Å²) in [5.74, 6) is 1.80. The Morgan fingerprint density at radius 3 is 1.57 bits per heavy atom. The number of fused-ring (bicyclic) bond motifs is 2. The van der Waals surface area contributed by atoms with Crippen molar-refractivity contribution >= 4 is 66.2 Å². The lowest BCUT2D eigenvalue weighted by molar-refractivity contribution is -0.118. The van der Waals surface area contributed by atoms with Gasteiger partial charge < -0.3 is 10.4 Å². The lowest BCUT2D eigenvalue weighted by Gasteiger charge is -2.14. The molecule has 37 heavy (non-hydrogen) atoms. The Bertz CT molecular complexity index is 1310. The minimum Gasteiger partial charge on any atom is -0.508 e. The normalized spacial score (nSPS) is 26.2. The number of ketones is 2. The van der Waals surface area contributed by atoms with Crippen molar-refractivity contribution in [1.82, 2.24) is 0 Å². The third-order valence-electron chi connectivity index (χ3n) is 8.05. The van der Waals surface area contributed by atoms with E-state index in [0.717, 1.165) is 75.5 Å². The Balaban J connectivity index is 0.000000153. The van der Waals surface area contributed by atoms with Crippen molar-refractivity contribution in [3.63, 3.8) is 0 Å². The number of allylic oxidation sites excluding steroid dienone is 4. The molecule has 6 rings (SSSR count). The number of halogens is 2. The maximum atomic E-state index is 12.2. The lowest BCUT2D eigenvalue weighted by atomic mass is 9.90. The van der Waals surface area contributed by atoms with Gasteiger partial charge in [0.2, 0.25) is 5.91 Å². The standard InChI is InChI=1S/C16H16BrNO2.C14H13BrO2/c1-9(19)18-11-7-5-10(6-8-11)14-12-3-2-4-13(12)16(20)15(14)17;15-13-12(8-4-6-9(16)7-5-8)10-2-1-3-11(10)14(13)17/h5-8,12-13H,2-4H2,1H3,(H,18,19);4-7,10-11,16H,1-3H2. The van der Waals surface area contributed by atoms with E-state index < -0.39 is 0 Å². The van der Waals surface area contributed by atoms with Gasteiger partial charge in [0.15, 0.2) is 11.6 Å². The van der Waals surface area contributed by atoms with Crippen LogP contribution in [0, 0.1) is 23.7 Å². The molecule has 0 bridgehead atoms. The highest BCUT2D eigenvalue weighted by molar-refractivity contribution is 9.12. The van der Waals surface area contributed by atoms with E-state index in [-0.39, 0.29) is 35.1 Å². The van der Waals surface area contributed by atoms with Crippen molar-refractivity contribution in [3.05, 3.63) is 68.6 Å². The monoisotopic (exact) mass is 625 g/mol. The van der Waals surface area contributed by atoms with Crippen LogP contribution in [0.25, 0.3) is 11.1 Å². The molecule has 0 heterocycles. The van der Waals surface area contributed by atoms with Gasteiger partial charge in [-0.3, -0.25) is 14.4 Å². The fourth-order valence-corrected chi connectivity index (χ4v) is 8.05. The zero-order chi connectivity index (χ0) is 26.3. The van der Waals surface area contributed by atoms with Crippen LogP contribution in [0.4, 0.5) is 5.69 Å². The van der Waals surface area contributed by atoms with Gasteiger partial charge in [-0.1, -0.05) is 37.1 Å². The van der Waals surface area contributed by atoms with Gasteiger partial charge >= 0.3 is 0 Å². The number of carbonyl (C=O) groups is 3. The van der Waals surface area contributed by atoms with Gasteiger partial charge in [-0.25, -0.2) is 0 Å². The summed E-state index contributed by atoms with van der Waals surface area (Å²) < 4.78 is 1.50. The number of amides is 1. The predicted molar refractivity (Wildman–Crippen MR) is 152 cm³/mol. The van der Waals surface area contributed by atoms with Gasteiger partial charge in [-0.05, 0) is 116 Å². The number of nitrogens with one attached hydrogen (secondary N) is 1. The van der Waals surface area contributed by atoms with Gasteiger partial charge in [0.1, 0.15) is 5.75 Å². The van der Waals surface area contributed by atoms with Crippen LogP contribution in [0.15, 0.2) is 57.5 Å². The molecule has 5 nitrogen and oxygen atoms in total. The second kappa shape index (κ2) is 10.7. The number of rotatable bonds is 3. The second-order valence-electron chi connectivity index (χ2n) is 10.3. The first-order chi connectivity index (χ1) is 17.8. The van der Waals surface area contributed by atoms with E-state index in [1.165, 1.54) is 6.92 Å². The number of phenols is 1. The minimum atomic E-state index is -0.0787. The molecular formula is C30H29Br2NO4. The number of anilines is 1. The Labute approximate surface area is 233 Å². The maximum absolute atomic E-state index is 12.2. The smallest absolute Gasteiger partial charge is 0.221 e. The second-order valence-corrected chi connectivity index (χ2v) is 11.9. The molecule has 7 heteroatoms. The number of carbonyl (C=O) groups excluding carboxylic acids is 3.